The molecule has 3 nitrogen and oxygen atoms in total. The molecule has 2 heterocycles. The molecule has 0 bridgehead atoms. The molecule has 2 saturated heterocycles. The second-order valence-electron chi connectivity index (χ2n) is 5.76. The standard InChI is InChI=1S/C15H21ClN2O.ClH/c16-13-2-1-3-14(10-13)19-9-8-18-7-5-15(12-18)4-6-17-11-15;/h1-3,10,17H,4-9,11-12H2;1H. The summed E-state index contributed by atoms with van der Waals surface area (Å²) in [7, 11) is 0. The fourth-order valence-corrected chi connectivity index (χ4v) is 3.39. The van der Waals surface area contributed by atoms with E-state index in [2.05, 4.69) is 10.2 Å². The van der Waals surface area contributed by atoms with Gasteiger partial charge in [0, 0.05) is 24.7 Å². The van der Waals surface area contributed by atoms with Crippen molar-refractivity contribution in [2.75, 3.05) is 39.3 Å². The first-order chi connectivity index (χ1) is 9.26. The highest BCUT2D eigenvalue weighted by Gasteiger charge is 2.39. The molecule has 2 aliphatic rings. The molecule has 2 fully saturated rings. The van der Waals surface area contributed by atoms with Crippen molar-refractivity contribution >= 4 is 24.0 Å². The van der Waals surface area contributed by atoms with Gasteiger partial charge in [-0.25, -0.2) is 0 Å². The summed E-state index contributed by atoms with van der Waals surface area (Å²) in [5.41, 5.74) is 0.552. The molecule has 0 aromatic heterocycles. The smallest absolute Gasteiger partial charge is 0.120 e. The molecule has 3 rings (SSSR count). The van der Waals surface area contributed by atoms with Gasteiger partial charge in [0.05, 0.1) is 0 Å². The number of rotatable bonds is 4. The summed E-state index contributed by atoms with van der Waals surface area (Å²) < 4.78 is 5.76. The lowest BCUT2D eigenvalue weighted by Gasteiger charge is -2.22. The predicted molar refractivity (Wildman–Crippen MR) is 85.2 cm³/mol. The van der Waals surface area contributed by atoms with Crippen LogP contribution in [0.1, 0.15) is 12.8 Å². The maximum absolute atomic E-state index is 5.94. The van der Waals surface area contributed by atoms with Gasteiger partial charge in [0.2, 0.25) is 0 Å². The summed E-state index contributed by atoms with van der Waals surface area (Å²) in [5, 5.41) is 4.22. The zero-order valence-corrected chi connectivity index (χ0v) is 13.2. The molecule has 0 aliphatic carbocycles. The zero-order chi connectivity index (χ0) is 13.1. The highest BCUT2D eigenvalue weighted by molar-refractivity contribution is 6.30. The van der Waals surface area contributed by atoms with Crippen molar-refractivity contribution in [1.29, 1.82) is 0 Å². The number of halogens is 2. The van der Waals surface area contributed by atoms with Gasteiger partial charge in [0.15, 0.2) is 0 Å². The molecule has 1 aromatic rings. The summed E-state index contributed by atoms with van der Waals surface area (Å²) in [4.78, 5) is 2.53. The van der Waals surface area contributed by atoms with E-state index in [1.807, 2.05) is 24.3 Å². The molecule has 0 radical (unpaired) electrons. The number of likely N-dealkylation sites (tertiary alicyclic amines) is 1. The highest BCUT2D eigenvalue weighted by atomic mass is 35.5. The minimum atomic E-state index is 0. The van der Waals surface area contributed by atoms with E-state index >= 15 is 0 Å². The van der Waals surface area contributed by atoms with E-state index in [1.54, 1.807) is 0 Å². The average molecular weight is 317 g/mol. The second kappa shape index (κ2) is 6.99. The summed E-state index contributed by atoms with van der Waals surface area (Å²) in [6.45, 7) is 6.56. The quantitative estimate of drug-likeness (QED) is 0.924. The third-order valence-corrected chi connectivity index (χ3v) is 4.56. The fourth-order valence-electron chi connectivity index (χ4n) is 3.21. The van der Waals surface area contributed by atoms with Gasteiger partial charge in [-0.1, -0.05) is 17.7 Å². The Balaban J connectivity index is 0.00000147. The lowest BCUT2D eigenvalue weighted by atomic mass is 9.87. The molecular weight excluding hydrogens is 295 g/mol. The van der Waals surface area contributed by atoms with Crippen molar-refractivity contribution in [3.05, 3.63) is 29.3 Å². The normalized spacial score (nSPS) is 25.9. The Hall–Kier alpha value is -0.480. The lowest BCUT2D eigenvalue weighted by molar-refractivity contribution is 0.217. The number of nitrogens with one attached hydrogen (secondary N) is 1. The first kappa shape index (κ1) is 15.9. The van der Waals surface area contributed by atoms with Crippen molar-refractivity contribution in [3.8, 4) is 5.75 Å². The summed E-state index contributed by atoms with van der Waals surface area (Å²) in [6, 6.07) is 7.62. The molecule has 112 valence electrons. The lowest BCUT2D eigenvalue weighted by Crippen LogP contribution is -2.31. The Bertz CT molecular complexity index is 436. The van der Waals surface area contributed by atoms with E-state index in [0.29, 0.717) is 5.41 Å². The predicted octanol–water partition coefficient (Wildman–Crippen LogP) is 2.83. The van der Waals surface area contributed by atoms with E-state index in [-0.39, 0.29) is 12.4 Å². The molecule has 1 spiro atoms. The Labute approximate surface area is 132 Å². The second-order valence-corrected chi connectivity index (χ2v) is 6.20. The third kappa shape index (κ3) is 3.79. The maximum atomic E-state index is 5.94. The number of nitrogens with zero attached hydrogens (tertiary/aromatic N) is 1. The SMILES string of the molecule is Cl.Clc1cccc(OCCN2CCC3(CCNC3)C2)c1. The van der Waals surface area contributed by atoms with Crippen LogP contribution in [0.5, 0.6) is 5.75 Å². The Morgan fingerprint density at radius 2 is 2.25 bits per heavy atom. The van der Waals surface area contributed by atoms with Crippen LogP contribution in [0.15, 0.2) is 24.3 Å². The van der Waals surface area contributed by atoms with E-state index in [0.717, 1.165) is 23.9 Å². The molecule has 1 atom stereocenters. The van der Waals surface area contributed by atoms with Crippen LogP contribution >= 0.6 is 24.0 Å². The van der Waals surface area contributed by atoms with Crippen LogP contribution in [0.25, 0.3) is 0 Å². The summed E-state index contributed by atoms with van der Waals surface area (Å²) in [5.74, 6) is 0.865. The van der Waals surface area contributed by atoms with Crippen LogP contribution in [-0.2, 0) is 0 Å². The Morgan fingerprint density at radius 1 is 1.35 bits per heavy atom. The molecule has 2 aliphatic heterocycles. The number of ether oxygens (including phenoxy) is 1. The monoisotopic (exact) mass is 316 g/mol. The van der Waals surface area contributed by atoms with Crippen molar-refractivity contribution in [2.45, 2.75) is 12.8 Å². The minimum absolute atomic E-state index is 0. The van der Waals surface area contributed by atoms with Gasteiger partial charge in [-0.2, -0.15) is 0 Å². The first-order valence-corrected chi connectivity index (χ1v) is 7.45. The van der Waals surface area contributed by atoms with E-state index in [1.165, 1.54) is 39.0 Å². The van der Waals surface area contributed by atoms with Crippen LogP contribution in [0, 0.1) is 5.41 Å². The number of hydrogen-bond donors (Lipinski definition) is 1. The molecule has 0 saturated carbocycles. The highest BCUT2D eigenvalue weighted by Crippen LogP contribution is 2.35. The third-order valence-electron chi connectivity index (χ3n) is 4.32. The van der Waals surface area contributed by atoms with Gasteiger partial charge in [-0.15, -0.1) is 12.4 Å². The topological polar surface area (TPSA) is 24.5 Å². The maximum Gasteiger partial charge on any atom is 0.120 e. The first-order valence-electron chi connectivity index (χ1n) is 7.07. The number of hydrogen-bond acceptors (Lipinski definition) is 3. The fraction of sp³-hybridized carbons (Fsp3) is 0.600. The largest absolute Gasteiger partial charge is 0.492 e. The Morgan fingerprint density at radius 3 is 3.00 bits per heavy atom. The van der Waals surface area contributed by atoms with Gasteiger partial charge in [-0.3, -0.25) is 4.90 Å². The van der Waals surface area contributed by atoms with Gasteiger partial charge in [0.25, 0.3) is 0 Å². The summed E-state index contributed by atoms with van der Waals surface area (Å²) in [6.07, 6.45) is 2.66. The number of benzene rings is 1. The molecular formula is C15H22Cl2N2O. The molecule has 20 heavy (non-hydrogen) atoms. The van der Waals surface area contributed by atoms with E-state index in [4.69, 9.17) is 16.3 Å². The van der Waals surface area contributed by atoms with Gasteiger partial charge < -0.3 is 10.1 Å². The van der Waals surface area contributed by atoms with Crippen molar-refractivity contribution in [3.63, 3.8) is 0 Å². The van der Waals surface area contributed by atoms with Crippen LogP contribution in [-0.4, -0.2) is 44.2 Å². The van der Waals surface area contributed by atoms with Gasteiger partial charge in [0.1, 0.15) is 12.4 Å². The van der Waals surface area contributed by atoms with Crippen molar-refractivity contribution in [1.82, 2.24) is 10.2 Å². The molecule has 5 heteroatoms. The van der Waals surface area contributed by atoms with Crippen LogP contribution in [0.3, 0.4) is 0 Å². The van der Waals surface area contributed by atoms with Gasteiger partial charge in [-0.05, 0) is 49.5 Å². The zero-order valence-electron chi connectivity index (χ0n) is 11.6. The van der Waals surface area contributed by atoms with E-state index in [9.17, 15) is 0 Å². The molecule has 1 N–H and O–H groups in total. The average Bonchev–Trinajstić information content (AvgIpc) is 3.01. The van der Waals surface area contributed by atoms with Gasteiger partial charge >= 0.3 is 0 Å². The van der Waals surface area contributed by atoms with Crippen LogP contribution in [0.4, 0.5) is 0 Å². The summed E-state index contributed by atoms with van der Waals surface area (Å²) >= 11 is 5.94. The van der Waals surface area contributed by atoms with Crippen molar-refractivity contribution < 1.29 is 4.74 Å². The van der Waals surface area contributed by atoms with Crippen LogP contribution < -0.4 is 10.1 Å². The van der Waals surface area contributed by atoms with E-state index < -0.39 is 0 Å². The molecule has 1 aromatic carbocycles. The molecule has 0 amide bonds. The van der Waals surface area contributed by atoms with Crippen LogP contribution in [0.2, 0.25) is 5.02 Å². The molecule has 1 unspecified atom stereocenters. The minimum Gasteiger partial charge on any atom is -0.492 e. The Kier molecular flexibility index (Phi) is 5.56. The van der Waals surface area contributed by atoms with Crippen molar-refractivity contribution in [2.24, 2.45) is 5.41 Å².